The summed E-state index contributed by atoms with van der Waals surface area (Å²) in [4.78, 5) is 21.3. The van der Waals surface area contributed by atoms with Crippen molar-refractivity contribution in [2.45, 2.75) is 64.0 Å². The lowest BCUT2D eigenvalue weighted by atomic mass is 9.85. The number of rotatable bonds is 3. The van der Waals surface area contributed by atoms with Gasteiger partial charge < -0.3 is 10.6 Å². The Balaban J connectivity index is 1.54. The molecule has 0 radical (unpaired) electrons. The first-order valence-electron chi connectivity index (χ1n) is 8.44. The minimum atomic E-state index is 0.0841. The number of hydrogen-bond acceptors (Lipinski definition) is 4. The summed E-state index contributed by atoms with van der Waals surface area (Å²) in [5.74, 6) is 1.13. The van der Waals surface area contributed by atoms with Crippen LogP contribution in [0.4, 0.5) is 0 Å². The highest BCUT2D eigenvalue weighted by Crippen LogP contribution is 2.25. The molecule has 2 N–H and O–H groups in total. The molecular weight excluding hydrogens is 276 g/mol. The smallest absolute Gasteiger partial charge is 0.223 e. The predicted octanol–water partition coefficient (Wildman–Crippen LogP) is 1.54. The summed E-state index contributed by atoms with van der Waals surface area (Å²) in [6.07, 6.45) is 8.96. The van der Waals surface area contributed by atoms with Gasteiger partial charge in [0.05, 0.1) is 0 Å². The average Bonchev–Trinajstić information content (AvgIpc) is 2.55. The van der Waals surface area contributed by atoms with Gasteiger partial charge in [0.25, 0.3) is 0 Å². The average molecular weight is 302 g/mol. The molecule has 120 valence electrons. The molecule has 5 heteroatoms. The van der Waals surface area contributed by atoms with Crippen molar-refractivity contribution in [2.75, 3.05) is 7.05 Å². The second-order valence-electron chi connectivity index (χ2n) is 6.67. The van der Waals surface area contributed by atoms with E-state index in [0.717, 1.165) is 62.0 Å². The van der Waals surface area contributed by atoms with E-state index >= 15 is 0 Å². The van der Waals surface area contributed by atoms with Crippen molar-refractivity contribution in [2.24, 2.45) is 5.92 Å². The number of carbonyl (C=O) groups excluding carboxylic acids is 1. The molecule has 3 rings (SSSR count). The zero-order chi connectivity index (χ0) is 15.5. The SMILES string of the molecule is CNC1CCC(NC(=O)C2CCc3nc(C)ncc3C2)CC1. The highest BCUT2D eigenvalue weighted by molar-refractivity contribution is 5.79. The lowest BCUT2D eigenvalue weighted by molar-refractivity contribution is -0.126. The van der Waals surface area contributed by atoms with Gasteiger partial charge in [-0.2, -0.15) is 0 Å². The predicted molar refractivity (Wildman–Crippen MR) is 85.5 cm³/mol. The van der Waals surface area contributed by atoms with Crippen molar-refractivity contribution in [1.29, 1.82) is 0 Å². The summed E-state index contributed by atoms with van der Waals surface area (Å²) in [5.41, 5.74) is 2.28. The van der Waals surface area contributed by atoms with Gasteiger partial charge in [0.2, 0.25) is 5.91 Å². The second kappa shape index (κ2) is 6.73. The molecule has 1 aromatic heterocycles. The fourth-order valence-corrected chi connectivity index (χ4v) is 3.68. The number of aromatic nitrogens is 2. The van der Waals surface area contributed by atoms with Gasteiger partial charge in [-0.15, -0.1) is 0 Å². The number of nitrogens with zero attached hydrogens (tertiary/aromatic N) is 2. The Hall–Kier alpha value is -1.49. The van der Waals surface area contributed by atoms with Gasteiger partial charge in [-0.3, -0.25) is 4.79 Å². The molecule has 5 nitrogen and oxygen atoms in total. The minimum Gasteiger partial charge on any atom is -0.353 e. The fraction of sp³-hybridized carbons (Fsp3) is 0.706. The fourth-order valence-electron chi connectivity index (χ4n) is 3.68. The molecule has 2 aliphatic rings. The zero-order valence-electron chi connectivity index (χ0n) is 13.6. The Morgan fingerprint density at radius 2 is 1.91 bits per heavy atom. The van der Waals surface area contributed by atoms with Crippen LogP contribution in [0.1, 0.15) is 49.2 Å². The number of carbonyl (C=O) groups is 1. The van der Waals surface area contributed by atoms with Crippen molar-refractivity contribution in [3.63, 3.8) is 0 Å². The van der Waals surface area contributed by atoms with Crippen LogP contribution in [0.25, 0.3) is 0 Å². The molecular formula is C17H26N4O. The minimum absolute atomic E-state index is 0.0841. The highest BCUT2D eigenvalue weighted by Gasteiger charge is 2.28. The first-order chi connectivity index (χ1) is 10.7. The monoisotopic (exact) mass is 302 g/mol. The maximum Gasteiger partial charge on any atom is 0.223 e. The standard InChI is InChI=1S/C17H26N4O/c1-11-19-10-13-9-12(3-8-16(13)20-11)17(22)21-15-6-4-14(18-2)5-7-15/h10,12,14-15,18H,3-9H2,1-2H3,(H,21,22). The normalized spacial score (nSPS) is 28.0. The van der Waals surface area contributed by atoms with E-state index in [0.29, 0.717) is 12.1 Å². The molecule has 0 saturated heterocycles. The molecule has 1 atom stereocenters. The number of hydrogen-bond donors (Lipinski definition) is 2. The summed E-state index contributed by atoms with van der Waals surface area (Å²) in [7, 11) is 2.02. The summed E-state index contributed by atoms with van der Waals surface area (Å²) in [6, 6.07) is 0.975. The van der Waals surface area contributed by atoms with Crippen LogP contribution in [0.15, 0.2) is 6.20 Å². The quantitative estimate of drug-likeness (QED) is 0.889. The summed E-state index contributed by atoms with van der Waals surface area (Å²) >= 11 is 0. The first kappa shape index (κ1) is 15.4. The van der Waals surface area contributed by atoms with E-state index in [9.17, 15) is 4.79 Å². The van der Waals surface area contributed by atoms with E-state index in [1.807, 2.05) is 20.2 Å². The number of amides is 1. The van der Waals surface area contributed by atoms with E-state index in [1.54, 1.807) is 0 Å². The van der Waals surface area contributed by atoms with Crippen LogP contribution in [-0.4, -0.2) is 35.0 Å². The van der Waals surface area contributed by atoms with Gasteiger partial charge in [0, 0.05) is 29.9 Å². The molecule has 1 saturated carbocycles. The van der Waals surface area contributed by atoms with E-state index in [2.05, 4.69) is 20.6 Å². The van der Waals surface area contributed by atoms with Gasteiger partial charge in [0.1, 0.15) is 5.82 Å². The van der Waals surface area contributed by atoms with E-state index in [4.69, 9.17) is 0 Å². The van der Waals surface area contributed by atoms with Gasteiger partial charge in [0.15, 0.2) is 0 Å². The molecule has 0 bridgehead atoms. The Morgan fingerprint density at radius 1 is 1.18 bits per heavy atom. The lowest BCUT2D eigenvalue weighted by Gasteiger charge is -2.31. The molecule has 1 aromatic rings. The van der Waals surface area contributed by atoms with Crippen LogP contribution in [-0.2, 0) is 17.6 Å². The Morgan fingerprint density at radius 3 is 2.64 bits per heavy atom. The second-order valence-corrected chi connectivity index (χ2v) is 6.67. The first-order valence-corrected chi connectivity index (χ1v) is 8.44. The summed E-state index contributed by atoms with van der Waals surface area (Å²) in [6.45, 7) is 1.92. The van der Waals surface area contributed by atoms with Crippen LogP contribution in [0, 0.1) is 12.8 Å². The molecule has 1 amide bonds. The lowest BCUT2D eigenvalue weighted by Crippen LogP contribution is -2.44. The van der Waals surface area contributed by atoms with Crippen molar-refractivity contribution in [1.82, 2.24) is 20.6 Å². The molecule has 1 fully saturated rings. The third-order valence-electron chi connectivity index (χ3n) is 5.12. The number of aryl methyl sites for hydroxylation is 2. The number of fused-ring (bicyclic) bond motifs is 1. The maximum atomic E-state index is 12.5. The molecule has 22 heavy (non-hydrogen) atoms. The van der Waals surface area contributed by atoms with E-state index < -0.39 is 0 Å². The molecule has 0 spiro atoms. The maximum absolute atomic E-state index is 12.5. The van der Waals surface area contributed by atoms with Crippen molar-refractivity contribution in [3.05, 3.63) is 23.3 Å². The van der Waals surface area contributed by atoms with Crippen LogP contribution < -0.4 is 10.6 Å². The van der Waals surface area contributed by atoms with Crippen LogP contribution in [0.2, 0.25) is 0 Å². The molecule has 0 aliphatic heterocycles. The Kier molecular flexibility index (Phi) is 4.71. The highest BCUT2D eigenvalue weighted by atomic mass is 16.1. The van der Waals surface area contributed by atoms with Crippen LogP contribution in [0.5, 0.6) is 0 Å². The third-order valence-corrected chi connectivity index (χ3v) is 5.12. The van der Waals surface area contributed by atoms with Crippen molar-refractivity contribution < 1.29 is 4.79 Å². The molecule has 1 unspecified atom stereocenters. The molecule has 0 aromatic carbocycles. The topological polar surface area (TPSA) is 66.9 Å². The number of nitrogens with one attached hydrogen (secondary N) is 2. The van der Waals surface area contributed by atoms with E-state index in [1.165, 1.54) is 0 Å². The van der Waals surface area contributed by atoms with Gasteiger partial charge in [-0.25, -0.2) is 9.97 Å². The Labute approximate surface area is 132 Å². The summed E-state index contributed by atoms with van der Waals surface area (Å²) in [5, 5.41) is 6.60. The van der Waals surface area contributed by atoms with Crippen LogP contribution in [0.3, 0.4) is 0 Å². The van der Waals surface area contributed by atoms with Crippen molar-refractivity contribution in [3.8, 4) is 0 Å². The van der Waals surface area contributed by atoms with Crippen molar-refractivity contribution >= 4 is 5.91 Å². The summed E-state index contributed by atoms with van der Waals surface area (Å²) < 4.78 is 0. The van der Waals surface area contributed by atoms with Gasteiger partial charge in [-0.05, 0) is 64.5 Å². The van der Waals surface area contributed by atoms with Gasteiger partial charge in [-0.1, -0.05) is 0 Å². The molecule has 2 aliphatic carbocycles. The van der Waals surface area contributed by atoms with Crippen LogP contribution >= 0.6 is 0 Å². The Bertz CT molecular complexity index is 537. The van der Waals surface area contributed by atoms with E-state index in [-0.39, 0.29) is 11.8 Å². The zero-order valence-corrected chi connectivity index (χ0v) is 13.6. The third kappa shape index (κ3) is 3.46. The van der Waals surface area contributed by atoms with Gasteiger partial charge >= 0.3 is 0 Å². The molecule has 1 heterocycles. The largest absolute Gasteiger partial charge is 0.353 e.